The van der Waals surface area contributed by atoms with Crippen LogP contribution in [0.1, 0.15) is 18.1 Å². The smallest absolute Gasteiger partial charge is 0.418 e. The van der Waals surface area contributed by atoms with Gasteiger partial charge in [0.05, 0.1) is 11.3 Å². The highest BCUT2D eigenvalue weighted by molar-refractivity contribution is 6.10. The number of amides is 2. The van der Waals surface area contributed by atoms with Gasteiger partial charge in [0, 0.05) is 6.54 Å². The van der Waals surface area contributed by atoms with Crippen LogP contribution in [0, 0.1) is 11.3 Å². The number of nitrogens with zero attached hydrogens (tertiary/aromatic N) is 1. The normalized spacial score (nSPS) is 11.4. The number of hydrogen-bond acceptors (Lipinski definition) is 4. The summed E-state index contributed by atoms with van der Waals surface area (Å²) in [5.41, 5.74) is -1.37. The van der Waals surface area contributed by atoms with Crippen LogP contribution in [0.5, 0.6) is 5.75 Å². The Morgan fingerprint density at radius 1 is 1.13 bits per heavy atom. The second kappa shape index (κ2) is 10.1. The summed E-state index contributed by atoms with van der Waals surface area (Å²) >= 11 is 0. The molecule has 0 aliphatic heterocycles. The standard InChI is InChI=1S/C21H18F3N3O3/c1-2-26-19(28)13-30-16-9-7-14(8-10-16)11-15(12-25)20(29)27-18-6-4-3-5-17(18)21(22,23)24/h3-11H,2,13H2,1H3,(H,26,28)(H,27,29)/b15-11+. The number of nitrogens with one attached hydrogen (secondary N) is 2. The zero-order valence-corrected chi connectivity index (χ0v) is 15.9. The maximum Gasteiger partial charge on any atom is 0.418 e. The molecule has 0 bridgehead atoms. The summed E-state index contributed by atoms with van der Waals surface area (Å²) in [5.74, 6) is -0.838. The molecule has 0 spiro atoms. The predicted octanol–water partition coefficient (Wildman–Crippen LogP) is 3.77. The fraction of sp³-hybridized carbons (Fsp3) is 0.190. The van der Waals surface area contributed by atoms with Crippen molar-refractivity contribution in [2.45, 2.75) is 13.1 Å². The van der Waals surface area contributed by atoms with Gasteiger partial charge in [-0.3, -0.25) is 9.59 Å². The van der Waals surface area contributed by atoms with Crippen LogP contribution in [0.2, 0.25) is 0 Å². The molecule has 2 rings (SSSR count). The van der Waals surface area contributed by atoms with Crippen molar-refractivity contribution >= 4 is 23.6 Å². The SMILES string of the molecule is CCNC(=O)COc1ccc(/C=C(\C#N)C(=O)Nc2ccccc2C(F)(F)F)cc1. The van der Waals surface area contributed by atoms with E-state index in [1.54, 1.807) is 25.1 Å². The molecule has 6 nitrogen and oxygen atoms in total. The molecule has 0 aromatic heterocycles. The number of halogens is 3. The largest absolute Gasteiger partial charge is 0.484 e. The van der Waals surface area contributed by atoms with E-state index in [2.05, 4.69) is 10.6 Å². The van der Waals surface area contributed by atoms with Gasteiger partial charge in [0.15, 0.2) is 6.61 Å². The van der Waals surface area contributed by atoms with E-state index < -0.39 is 23.3 Å². The van der Waals surface area contributed by atoms with Gasteiger partial charge in [-0.1, -0.05) is 24.3 Å². The maximum atomic E-state index is 13.1. The quantitative estimate of drug-likeness (QED) is 0.530. The summed E-state index contributed by atoms with van der Waals surface area (Å²) in [6.45, 7) is 2.11. The van der Waals surface area contributed by atoms with E-state index in [-0.39, 0.29) is 18.1 Å². The lowest BCUT2D eigenvalue weighted by molar-refractivity contribution is -0.137. The fourth-order valence-electron chi connectivity index (χ4n) is 2.40. The molecule has 0 fully saturated rings. The molecule has 0 radical (unpaired) electrons. The molecule has 0 atom stereocenters. The molecule has 2 aromatic rings. The minimum atomic E-state index is -4.65. The molecule has 0 saturated heterocycles. The van der Waals surface area contributed by atoms with Crippen molar-refractivity contribution in [1.82, 2.24) is 5.32 Å². The summed E-state index contributed by atoms with van der Waals surface area (Å²) in [6.07, 6.45) is -3.41. The fourth-order valence-corrected chi connectivity index (χ4v) is 2.40. The van der Waals surface area contributed by atoms with Crippen LogP contribution in [-0.4, -0.2) is 25.0 Å². The number of rotatable bonds is 7. The molecule has 30 heavy (non-hydrogen) atoms. The van der Waals surface area contributed by atoms with Gasteiger partial charge >= 0.3 is 6.18 Å². The zero-order chi connectivity index (χ0) is 22.1. The number of para-hydroxylation sites is 1. The van der Waals surface area contributed by atoms with Crippen LogP contribution in [-0.2, 0) is 15.8 Å². The Labute approximate surface area is 171 Å². The number of nitriles is 1. The lowest BCUT2D eigenvalue weighted by Crippen LogP contribution is -2.28. The summed E-state index contributed by atoms with van der Waals surface area (Å²) in [6, 6.07) is 12.3. The number of carbonyl (C=O) groups excluding carboxylic acids is 2. The van der Waals surface area contributed by atoms with E-state index >= 15 is 0 Å². The average molecular weight is 417 g/mol. The van der Waals surface area contributed by atoms with E-state index in [0.717, 1.165) is 12.1 Å². The van der Waals surface area contributed by atoms with Gasteiger partial charge in [0.1, 0.15) is 17.4 Å². The third kappa shape index (κ3) is 6.38. The van der Waals surface area contributed by atoms with Gasteiger partial charge in [0.2, 0.25) is 0 Å². The summed E-state index contributed by atoms with van der Waals surface area (Å²) in [4.78, 5) is 23.7. The average Bonchev–Trinajstić information content (AvgIpc) is 2.71. The maximum absolute atomic E-state index is 13.1. The van der Waals surface area contributed by atoms with Gasteiger partial charge in [-0.25, -0.2) is 0 Å². The Kier molecular flexibility index (Phi) is 7.58. The third-order valence-corrected chi connectivity index (χ3v) is 3.78. The molecule has 0 heterocycles. The molecule has 0 saturated carbocycles. The second-order valence-electron chi connectivity index (χ2n) is 5.98. The number of alkyl halides is 3. The van der Waals surface area contributed by atoms with Crippen LogP contribution in [0.15, 0.2) is 54.1 Å². The van der Waals surface area contributed by atoms with Crippen molar-refractivity contribution in [3.8, 4) is 11.8 Å². The van der Waals surface area contributed by atoms with Gasteiger partial charge in [0.25, 0.3) is 11.8 Å². The Morgan fingerprint density at radius 2 is 1.80 bits per heavy atom. The molecular formula is C21H18F3N3O3. The Hall–Kier alpha value is -3.80. The molecule has 0 unspecified atom stereocenters. The monoisotopic (exact) mass is 417 g/mol. The first-order chi connectivity index (χ1) is 14.2. The number of carbonyl (C=O) groups is 2. The highest BCUT2D eigenvalue weighted by Crippen LogP contribution is 2.34. The number of benzene rings is 2. The van der Waals surface area contributed by atoms with E-state index in [1.165, 1.54) is 30.3 Å². The van der Waals surface area contributed by atoms with Gasteiger partial charge < -0.3 is 15.4 Å². The van der Waals surface area contributed by atoms with Gasteiger partial charge in [-0.15, -0.1) is 0 Å². The molecule has 156 valence electrons. The van der Waals surface area contributed by atoms with Crippen LogP contribution in [0.4, 0.5) is 18.9 Å². The van der Waals surface area contributed by atoms with Crippen LogP contribution < -0.4 is 15.4 Å². The molecule has 0 aliphatic rings. The first-order valence-corrected chi connectivity index (χ1v) is 8.83. The molecule has 0 aliphatic carbocycles. The highest BCUT2D eigenvalue weighted by Gasteiger charge is 2.33. The highest BCUT2D eigenvalue weighted by atomic mass is 19.4. The van der Waals surface area contributed by atoms with Crippen LogP contribution in [0.25, 0.3) is 6.08 Å². The number of anilines is 1. The Balaban J connectivity index is 2.11. The lowest BCUT2D eigenvalue weighted by Gasteiger charge is -2.13. The van der Waals surface area contributed by atoms with Crippen molar-refractivity contribution < 1.29 is 27.5 Å². The lowest BCUT2D eigenvalue weighted by atomic mass is 10.1. The van der Waals surface area contributed by atoms with E-state index in [1.807, 2.05) is 0 Å². The number of likely N-dealkylation sites (N-methyl/N-ethyl adjacent to an activating group) is 1. The van der Waals surface area contributed by atoms with E-state index in [0.29, 0.717) is 17.9 Å². The molecule has 2 aromatic carbocycles. The number of ether oxygens (including phenoxy) is 1. The first-order valence-electron chi connectivity index (χ1n) is 8.83. The van der Waals surface area contributed by atoms with Crippen molar-refractivity contribution in [2.24, 2.45) is 0 Å². The van der Waals surface area contributed by atoms with Crippen LogP contribution in [0.3, 0.4) is 0 Å². The van der Waals surface area contributed by atoms with Crippen molar-refractivity contribution in [3.05, 3.63) is 65.2 Å². The molecule has 2 N–H and O–H groups in total. The van der Waals surface area contributed by atoms with E-state index in [4.69, 9.17) is 4.74 Å². The number of hydrogen-bond donors (Lipinski definition) is 2. The van der Waals surface area contributed by atoms with Crippen molar-refractivity contribution in [3.63, 3.8) is 0 Å². The molecule has 9 heteroatoms. The van der Waals surface area contributed by atoms with Crippen LogP contribution >= 0.6 is 0 Å². The van der Waals surface area contributed by atoms with Crippen molar-refractivity contribution in [1.29, 1.82) is 5.26 Å². The zero-order valence-electron chi connectivity index (χ0n) is 15.9. The Morgan fingerprint density at radius 3 is 2.40 bits per heavy atom. The van der Waals surface area contributed by atoms with E-state index in [9.17, 15) is 28.0 Å². The predicted molar refractivity (Wildman–Crippen MR) is 104 cm³/mol. The van der Waals surface area contributed by atoms with Crippen molar-refractivity contribution in [2.75, 3.05) is 18.5 Å². The third-order valence-electron chi connectivity index (χ3n) is 3.78. The van der Waals surface area contributed by atoms with Gasteiger partial charge in [-0.2, -0.15) is 18.4 Å². The minimum absolute atomic E-state index is 0.159. The minimum Gasteiger partial charge on any atom is -0.484 e. The first kappa shape index (κ1) is 22.5. The second-order valence-corrected chi connectivity index (χ2v) is 5.98. The summed E-state index contributed by atoms with van der Waals surface area (Å²) in [5, 5.41) is 14.0. The topological polar surface area (TPSA) is 91.2 Å². The molecule has 2 amide bonds. The molecular weight excluding hydrogens is 399 g/mol. The summed E-state index contributed by atoms with van der Waals surface area (Å²) < 4.78 is 44.5. The Bertz CT molecular complexity index is 977. The summed E-state index contributed by atoms with van der Waals surface area (Å²) in [7, 11) is 0. The van der Waals surface area contributed by atoms with Gasteiger partial charge in [-0.05, 0) is 42.8 Å².